The minimum absolute atomic E-state index is 0.00890. The first-order valence-electron chi connectivity index (χ1n) is 19.9. The van der Waals surface area contributed by atoms with Gasteiger partial charge in [-0.3, -0.25) is 18.9 Å². The molecular formula is C43H67O10P. The van der Waals surface area contributed by atoms with Crippen LogP contribution in [0.5, 0.6) is 0 Å². The topological polar surface area (TPSA) is 157 Å². The average Bonchev–Trinajstić information content (AvgIpc) is 3.49. The van der Waals surface area contributed by atoms with E-state index in [1.165, 1.54) is 19.3 Å². The molecule has 0 radical (unpaired) electrons. The Bertz CT molecular complexity index is 1290. The summed E-state index contributed by atoms with van der Waals surface area (Å²) >= 11 is 0. The molecule has 11 heteroatoms. The third-order valence-corrected chi connectivity index (χ3v) is 9.12. The second-order valence-corrected chi connectivity index (χ2v) is 14.8. The number of ether oxygens (including phenoxy) is 2. The molecule has 304 valence electrons. The molecule has 0 saturated carbocycles. The lowest BCUT2D eigenvalue weighted by Crippen LogP contribution is -2.29. The maximum Gasteiger partial charge on any atom is 0.469 e. The van der Waals surface area contributed by atoms with E-state index < -0.39 is 38.6 Å². The normalized spacial score (nSPS) is 17.8. The summed E-state index contributed by atoms with van der Waals surface area (Å²) in [6.45, 7) is 3.32. The van der Waals surface area contributed by atoms with Gasteiger partial charge in [0.25, 0.3) is 0 Å². The van der Waals surface area contributed by atoms with Gasteiger partial charge in [0.1, 0.15) is 6.61 Å². The van der Waals surface area contributed by atoms with Gasteiger partial charge in [0.05, 0.1) is 12.7 Å². The average molecular weight is 775 g/mol. The fraction of sp³-hybridized carbons (Fsp3) is 0.605. The van der Waals surface area contributed by atoms with Crippen LogP contribution in [0.1, 0.15) is 129 Å². The first-order valence-corrected chi connectivity index (χ1v) is 21.5. The van der Waals surface area contributed by atoms with Crippen LogP contribution in [0.25, 0.3) is 0 Å². The number of ketones is 1. The van der Waals surface area contributed by atoms with Crippen molar-refractivity contribution in [1.82, 2.24) is 0 Å². The summed E-state index contributed by atoms with van der Waals surface area (Å²) < 4.78 is 26.3. The smallest absolute Gasteiger partial charge is 0.462 e. The Morgan fingerprint density at radius 2 is 1.31 bits per heavy atom. The second kappa shape index (κ2) is 32.1. The highest BCUT2D eigenvalue weighted by Gasteiger charge is 2.27. The van der Waals surface area contributed by atoms with Crippen molar-refractivity contribution < 1.29 is 47.8 Å². The molecule has 10 nitrogen and oxygen atoms in total. The molecule has 0 fully saturated rings. The first kappa shape index (κ1) is 48.9. The minimum Gasteiger partial charge on any atom is -0.462 e. The molecule has 1 aliphatic carbocycles. The van der Waals surface area contributed by atoms with E-state index in [-0.39, 0.29) is 37.1 Å². The first-order chi connectivity index (χ1) is 26.1. The quantitative estimate of drug-likeness (QED) is 0.0260. The molecule has 0 aliphatic heterocycles. The molecule has 1 aliphatic rings. The highest BCUT2D eigenvalue weighted by Crippen LogP contribution is 2.36. The maximum atomic E-state index is 12.5. The number of hydrogen-bond acceptors (Lipinski definition) is 8. The van der Waals surface area contributed by atoms with Gasteiger partial charge in [0.2, 0.25) is 0 Å². The lowest BCUT2D eigenvalue weighted by atomic mass is 9.90. The minimum atomic E-state index is -4.83. The predicted octanol–water partition coefficient (Wildman–Crippen LogP) is 9.68. The lowest BCUT2D eigenvalue weighted by molar-refractivity contribution is -0.161. The Hall–Kier alpha value is -3.14. The third kappa shape index (κ3) is 28.3. The molecule has 0 aromatic rings. The summed E-state index contributed by atoms with van der Waals surface area (Å²) in [6, 6.07) is 0. The number of rotatable bonds is 32. The fourth-order valence-electron chi connectivity index (χ4n) is 5.53. The Kier molecular flexibility index (Phi) is 29.1. The van der Waals surface area contributed by atoms with E-state index >= 15 is 0 Å². The molecule has 1 rings (SSSR count). The molecule has 0 bridgehead atoms. The Labute approximate surface area is 324 Å². The third-order valence-electron chi connectivity index (χ3n) is 8.63. The highest BCUT2D eigenvalue weighted by atomic mass is 31.2. The molecule has 0 amide bonds. The number of aliphatic hydroxyl groups is 1. The number of hydrogen-bond donors (Lipinski definition) is 3. The van der Waals surface area contributed by atoms with Crippen molar-refractivity contribution in [2.75, 3.05) is 13.2 Å². The van der Waals surface area contributed by atoms with Gasteiger partial charge < -0.3 is 24.4 Å². The van der Waals surface area contributed by atoms with Crippen molar-refractivity contribution >= 4 is 25.5 Å². The lowest BCUT2D eigenvalue weighted by Gasteiger charge is -2.18. The fourth-order valence-corrected chi connectivity index (χ4v) is 5.89. The van der Waals surface area contributed by atoms with E-state index in [9.17, 15) is 24.1 Å². The molecule has 0 aromatic carbocycles. The van der Waals surface area contributed by atoms with Gasteiger partial charge in [-0.25, -0.2) is 4.57 Å². The number of carbonyl (C=O) groups excluding carboxylic acids is 3. The van der Waals surface area contributed by atoms with Crippen molar-refractivity contribution in [3.63, 3.8) is 0 Å². The van der Waals surface area contributed by atoms with E-state index in [0.717, 1.165) is 44.9 Å². The molecule has 0 unspecified atom stereocenters. The van der Waals surface area contributed by atoms with E-state index in [1.807, 2.05) is 36.5 Å². The number of unbranched alkanes of at least 4 members (excludes halogenated alkanes) is 7. The molecular weight excluding hydrogens is 707 g/mol. The van der Waals surface area contributed by atoms with Crippen molar-refractivity contribution in [1.29, 1.82) is 0 Å². The second-order valence-electron chi connectivity index (χ2n) is 13.6. The van der Waals surface area contributed by atoms with E-state index in [2.05, 4.69) is 54.8 Å². The van der Waals surface area contributed by atoms with Gasteiger partial charge >= 0.3 is 19.8 Å². The summed E-state index contributed by atoms with van der Waals surface area (Å²) in [4.78, 5) is 55.3. The van der Waals surface area contributed by atoms with Crippen LogP contribution >= 0.6 is 7.82 Å². The SMILES string of the molecule is CCCCC/C=C\C/C=C\C/C=C\C/C=C\CCCC(=O)OC[C@H](COP(=O)(O)O)OC(=O)CCC/C=C\C[C@H]1C=CC(=O)[C@@H]1/C=C/[C@@H](O)CCCCC. The zero-order chi connectivity index (χ0) is 39.7. The number of aliphatic hydroxyl groups excluding tert-OH is 1. The molecule has 3 N–H and O–H groups in total. The zero-order valence-electron chi connectivity index (χ0n) is 32.7. The van der Waals surface area contributed by atoms with Crippen molar-refractivity contribution in [3.05, 3.63) is 85.1 Å². The summed E-state index contributed by atoms with van der Waals surface area (Å²) in [5.41, 5.74) is 0. The Morgan fingerprint density at radius 3 is 1.93 bits per heavy atom. The van der Waals surface area contributed by atoms with Gasteiger partial charge in [-0.2, -0.15) is 0 Å². The monoisotopic (exact) mass is 774 g/mol. The number of phosphoric acid groups is 1. The zero-order valence-corrected chi connectivity index (χ0v) is 33.6. The van der Waals surface area contributed by atoms with Crippen LogP contribution in [-0.4, -0.2) is 58.0 Å². The number of esters is 2. The summed E-state index contributed by atoms with van der Waals surface area (Å²) in [5, 5.41) is 10.2. The summed E-state index contributed by atoms with van der Waals surface area (Å²) in [6.07, 6.45) is 40.8. The van der Waals surface area contributed by atoms with Crippen LogP contribution < -0.4 is 0 Å². The summed E-state index contributed by atoms with van der Waals surface area (Å²) in [7, 11) is -4.83. The maximum absolute atomic E-state index is 12.5. The number of allylic oxidation sites excluding steroid dienone is 13. The summed E-state index contributed by atoms with van der Waals surface area (Å²) in [5.74, 6) is -1.37. The largest absolute Gasteiger partial charge is 0.469 e. The van der Waals surface area contributed by atoms with Gasteiger partial charge in [0.15, 0.2) is 11.9 Å². The Morgan fingerprint density at radius 1 is 0.759 bits per heavy atom. The van der Waals surface area contributed by atoms with Crippen LogP contribution in [0.3, 0.4) is 0 Å². The van der Waals surface area contributed by atoms with E-state index in [4.69, 9.17) is 19.3 Å². The predicted molar refractivity (Wildman–Crippen MR) is 215 cm³/mol. The van der Waals surface area contributed by atoms with Gasteiger partial charge in [-0.15, -0.1) is 0 Å². The van der Waals surface area contributed by atoms with Crippen LogP contribution in [0.2, 0.25) is 0 Å². The van der Waals surface area contributed by atoms with Crippen LogP contribution in [-0.2, 0) is 32.9 Å². The molecule has 0 saturated heterocycles. The van der Waals surface area contributed by atoms with Crippen LogP contribution in [0.15, 0.2) is 85.1 Å². The van der Waals surface area contributed by atoms with Gasteiger partial charge in [-0.05, 0) is 82.6 Å². The van der Waals surface area contributed by atoms with Crippen molar-refractivity contribution in [2.24, 2.45) is 11.8 Å². The van der Waals surface area contributed by atoms with Gasteiger partial charge in [0, 0.05) is 18.8 Å². The Balaban J connectivity index is 2.32. The molecule has 0 spiro atoms. The number of carbonyl (C=O) groups is 3. The highest BCUT2D eigenvalue weighted by molar-refractivity contribution is 7.46. The van der Waals surface area contributed by atoms with Crippen LogP contribution in [0, 0.1) is 11.8 Å². The number of phosphoric ester groups is 1. The molecule has 4 atom stereocenters. The van der Waals surface area contributed by atoms with E-state index in [0.29, 0.717) is 38.5 Å². The standard InChI is InChI=1S/C43H67O10P/c1-3-5-7-8-9-10-11-12-13-14-15-16-17-18-19-20-25-29-42(46)51-35-39(36-52-54(48,49)50)53-43(47)30-26-22-21-24-27-37-31-34-41(45)40(37)33-32-38(44)28-23-6-4-2/h9-10,12-13,15-16,18-19,21,24,31-34,37-40,44H,3-8,11,14,17,20,22-23,25-30,35-36H2,1-2H3,(H2,48,49,50)/b10-9-,13-12-,16-15-,19-18-,24-21-,33-32+/t37-,38-,39+,40+/m0/s1. The van der Waals surface area contributed by atoms with Gasteiger partial charge in [-0.1, -0.05) is 125 Å². The molecule has 0 aromatic heterocycles. The molecule has 0 heterocycles. The molecule has 54 heavy (non-hydrogen) atoms. The van der Waals surface area contributed by atoms with E-state index in [1.54, 1.807) is 12.2 Å². The van der Waals surface area contributed by atoms with Crippen molar-refractivity contribution in [2.45, 2.75) is 142 Å². The van der Waals surface area contributed by atoms with Crippen molar-refractivity contribution in [3.8, 4) is 0 Å². The van der Waals surface area contributed by atoms with Crippen LogP contribution in [0.4, 0.5) is 0 Å².